The Labute approximate surface area is 167 Å². The van der Waals surface area contributed by atoms with Crippen LogP contribution in [0.2, 0.25) is 0 Å². The first kappa shape index (κ1) is 21.7. The molecule has 1 aliphatic heterocycles. The molecule has 3 rings (SSSR count). The molecule has 1 saturated heterocycles. The molecule has 1 aromatic heterocycles. The minimum Gasteiger partial charge on any atom is -0.480 e. The zero-order valence-electron chi connectivity index (χ0n) is 15.6. The van der Waals surface area contributed by atoms with Crippen LogP contribution in [-0.4, -0.2) is 54.3 Å². The number of anilines is 1. The largest absolute Gasteiger partial charge is 0.480 e. The molecule has 1 amide bonds. The smallest absolute Gasteiger partial charge is 0.416 e. The number of halogens is 6. The minimum absolute atomic E-state index is 0.00291. The SMILES string of the molecule is COc1ccc(N2CCN(C(=O)c3cc(C(F)(F)F)cc(C(F)(F)F)c3)CC2)nn1. The first-order valence-electron chi connectivity index (χ1n) is 8.70. The van der Waals surface area contributed by atoms with Crippen LogP contribution in [0.25, 0.3) is 0 Å². The topological polar surface area (TPSA) is 58.6 Å². The number of alkyl halides is 6. The number of piperazine rings is 1. The maximum absolute atomic E-state index is 13.0. The van der Waals surface area contributed by atoms with Crippen molar-refractivity contribution in [3.8, 4) is 5.88 Å². The molecule has 0 radical (unpaired) electrons. The van der Waals surface area contributed by atoms with Crippen molar-refractivity contribution < 1.29 is 35.9 Å². The lowest BCUT2D eigenvalue weighted by Crippen LogP contribution is -2.49. The van der Waals surface area contributed by atoms with Crippen molar-refractivity contribution in [2.45, 2.75) is 12.4 Å². The van der Waals surface area contributed by atoms with Gasteiger partial charge in [0.05, 0.1) is 18.2 Å². The van der Waals surface area contributed by atoms with Crippen LogP contribution in [0.5, 0.6) is 5.88 Å². The molecular formula is C18H16F6N4O2. The van der Waals surface area contributed by atoms with E-state index in [1.165, 1.54) is 12.0 Å². The van der Waals surface area contributed by atoms with E-state index in [0.29, 0.717) is 23.8 Å². The summed E-state index contributed by atoms with van der Waals surface area (Å²) in [4.78, 5) is 15.6. The summed E-state index contributed by atoms with van der Waals surface area (Å²) < 4.78 is 83.0. The van der Waals surface area contributed by atoms with Crippen molar-refractivity contribution in [1.82, 2.24) is 15.1 Å². The second kappa shape index (κ2) is 8.00. The summed E-state index contributed by atoms with van der Waals surface area (Å²) in [6, 6.07) is 4.14. The first-order valence-corrected chi connectivity index (χ1v) is 8.70. The third-order valence-electron chi connectivity index (χ3n) is 4.56. The average molecular weight is 434 g/mol. The van der Waals surface area contributed by atoms with Gasteiger partial charge in [-0.25, -0.2) is 0 Å². The molecule has 0 atom stereocenters. The van der Waals surface area contributed by atoms with Crippen LogP contribution < -0.4 is 9.64 Å². The van der Waals surface area contributed by atoms with Gasteiger partial charge in [0.1, 0.15) is 0 Å². The Hall–Kier alpha value is -3.05. The number of methoxy groups -OCH3 is 1. The number of carbonyl (C=O) groups excluding carboxylic acids is 1. The predicted octanol–water partition coefficient (Wildman–Crippen LogP) is 3.49. The van der Waals surface area contributed by atoms with Gasteiger partial charge in [-0.3, -0.25) is 4.79 Å². The Morgan fingerprint density at radius 2 is 1.47 bits per heavy atom. The van der Waals surface area contributed by atoms with Gasteiger partial charge in [0, 0.05) is 37.8 Å². The Bertz CT molecular complexity index is 874. The summed E-state index contributed by atoms with van der Waals surface area (Å²) in [7, 11) is 1.44. The van der Waals surface area contributed by atoms with Gasteiger partial charge in [-0.2, -0.15) is 26.3 Å². The van der Waals surface area contributed by atoms with Gasteiger partial charge >= 0.3 is 12.4 Å². The highest BCUT2D eigenvalue weighted by Gasteiger charge is 2.38. The van der Waals surface area contributed by atoms with E-state index in [0.717, 1.165) is 0 Å². The van der Waals surface area contributed by atoms with Gasteiger partial charge in [0.2, 0.25) is 5.88 Å². The fourth-order valence-electron chi connectivity index (χ4n) is 2.99. The summed E-state index contributed by atoms with van der Waals surface area (Å²) in [5.41, 5.74) is -3.70. The fourth-order valence-corrected chi connectivity index (χ4v) is 2.99. The first-order chi connectivity index (χ1) is 14.0. The van der Waals surface area contributed by atoms with E-state index in [4.69, 9.17) is 4.74 Å². The standard InChI is InChI=1S/C18H16F6N4O2/c1-30-15-3-2-14(25-26-15)27-4-6-28(7-5-27)16(29)11-8-12(17(19,20)21)10-13(9-11)18(22,23)24/h2-3,8-10H,4-7H2,1H3. The molecular weight excluding hydrogens is 418 g/mol. The highest BCUT2D eigenvalue weighted by molar-refractivity contribution is 5.95. The van der Waals surface area contributed by atoms with Gasteiger partial charge in [-0.05, 0) is 24.3 Å². The van der Waals surface area contributed by atoms with E-state index >= 15 is 0 Å². The maximum atomic E-state index is 13.0. The van der Waals surface area contributed by atoms with Gasteiger partial charge in [-0.15, -0.1) is 10.2 Å². The van der Waals surface area contributed by atoms with Crippen molar-refractivity contribution in [2.24, 2.45) is 0 Å². The molecule has 162 valence electrons. The van der Waals surface area contributed by atoms with Crippen LogP contribution in [0, 0.1) is 0 Å². The number of rotatable bonds is 3. The van der Waals surface area contributed by atoms with E-state index in [9.17, 15) is 31.1 Å². The molecule has 30 heavy (non-hydrogen) atoms. The maximum Gasteiger partial charge on any atom is 0.416 e. The minimum atomic E-state index is -5.01. The highest BCUT2D eigenvalue weighted by atomic mass is 19.4. The molecule has 12 heteroatoms. The number of hydrogen-bond donors (Lipinski definition) is 0. The molecule has 1 aromatic carbocycles. The van der Waals surface area contributed by atoms with Crippen LogP contribution in [0.15, 0.2) is 30.3 Å². The second-order valence-electron chi connectivity index (χ2n) is 6.51. The summed E-state index contributed by atoms with van der Waals surface area (Å²) in [5, 5.41) is 7.81. The lowest BCUT2D eigenvalue weighted by Gasteiger charge is -2.35. The van der Waals surface area contributed by atoms with Gasteiger partial charge < -0.3 is 14.5 Å². The molecule has 1 fully saturated rings. The summed E-state index contributed by atoms with van der Waals surface area (Å²) in [6.07, 6.45) is -10.0. The van der Waals surface area contributed by atoms with Crippen LogP contribution in [0.4, 0.5) is 32.2 Å². The van der Waals surface area contributed by atoms with Gasteiger partial charge in [0.15, 0.2) is 5.82 Å². The Morgan fingerprint density at radius 3 is 1.90 bits per heavy atom. The van der Waals surface area contributed by atoms with Crippen molar-refractivity contribution in [2.75, 3.05) is 38.2 Å². The summed E-state index contributed by atoms with van der Waals surface area (Å²) in [5.74, 6) is -0.0639. The highest BCUT2D eigenvalue weighted by Crippen LogP contribution is 2.36. The second-order valence-corrected chi connectivity index (χ2v) is 6.51. The van der Waals surface area contributed by atoms with Crippen LogP contribution in [-0.2, 0) is 12.4 Å². The van der Waals surface area contributed by atoms with Gasteiger partial charge in [-0.1, -0.05) is 0 Å². The lowest BCUT2D eigenvalue weighted by atomic mass is 10.0. The van der Waals surface area contributed by atoms with E-state index in [2.05, 4.69) is 10.2 Å². The van der Waals surface area contributed by atoms with Gasteiger partial charge in [0.25, 0.3) is 5.91 Å². The van der Waals surface area contributed by atoms with E-state index < -0.39 is 35.0 Å². The van der Waals surface area contributed by atoms with Crippen molar-refractivity contribution >= 4 is 11.7 Å². The Kier molecular flexibility index (Phi) is 5.77. The quantitative estimate of drug-likeness (QED) is 0.693. The van der Waals surface area contributed by atoms with Crippen molar-refractivity contribution in [1.29, 1.82) is 0 Å². The summed E-state index contributed by atoms with van der Waals surface area (Å²) >= 11 is 0. The van der Waals surface area contributed by atoms with Crippen molar-refractivity contribution in [3.63, 3.8) is 0 Å². The third kappa shape index (κ3) is 4.74. The zero-order valence-corrected chi connectivity index (χ0v) is 15.6. The Morgan fingerprint density at radius 1 is 0.900 bits per heavy atom. The molecule has 2 heterocycles. The van der Waals surface area contributed by atoms with Crippen molar-refractivity contribution in [3.05, 3.63) is 47.0 Å². The molecule has 0 spiro atoms. The van der Waals surface area contributed by atoms with Crippen LogP contribution in [0.3, 0.4) is 0 Å². The molecule has 0 bridgehead atoms. The number of ether oxygens (including phenoxy) is 1. The van der Waals surface area contributed by atoms with Crippen LogP contribution in [0.1, 0.15) is 21.5 Å². The van der Waals surface area contributed by atoms with Crippen LogP contribution >= 0.6 is 0 Å². The number of nitrogens with zero attached hydrogens (tertiary/aromatic N) is 4. The lowest BCUT2D eigenvalue weighted by molar-refractivity contribution is -0.143. The fraction of sp³-hybridized carbons (Fsp3) is 0.389. The molecule has 6 nitrogen and oxygen atoms in total. The number of carbonyl (C=O) groups is 1. The number of amides is 1. The summed E-state index contributed by atoms with van der Waals surface area (Å²) in [6.45, 7) is 0.782. The zero-order chi connectivity index (χ0) is 22.1. The molecule has 0 aliphatic carbocycles. The third-order valence-corrected chi connectivity index (χ3v) is 4.56. The van der Waals surface area contributed by atoms with E-state index in [1.54, 1.807) is 17.0 Å². The monoisotopic (exact) mass is 434 g/mol. The molecule has 1 aliphatic rings. The molecule has 0 N–H and O–H groups in total. The average Bonchev–Trinajstić information content (AvgIpc) is 2.72. The van der Waals surface area contributed by atoms with E-state index in [-0.39, 0.29) is 32.2 Å². The number of hydrogen-bond acceptors (Lipinski definition) is 5. The molecule has 0 unspecified atom stereocenters. The predicted molar refractivity (Wildman–Crippen MR) is 93.1 cm³/mol. The molecule has 2 aromatic rings. The number of aromatic nitrogens is 2. The number of benzene rings is 1. The van der Waals surface area contributed by atoms with E-state index in [1.807, 2.05) is 0 Å². The molecule has 0 saturated carbocycles. The Balaban J connectivity index is 1.77. The normalized spacial score (nSPS) is 15.3.